The quantitative estimate of drug-likeness (QED) is 0.817. The number of para-hydroxylation sites is 1. The van der Waals surface area contributed by atoms with Gasteiger partial charge in [0.2, 0.25) is 0 Å². The predicted octanol–water partition coefficient (Wildman–Crippen LogP) is 4.56. The second kappa shape index (κ2) is 5.50. The first-order valence-electron chi connectivity index (χ1n) is 5.52. The molecular formula is C13H10ClF3N2O. The van der Waals surface area contributed by atoms with Gasteiger partial charge in [-0.2, -0.15) is 0 Å². The normalized spacial score (nSPS) is 11.2. The molecule has 3 N–H and O–H groups in total. The molecule has 0 fully saturated rings. The minimum Gasteiger partial charge on any atom is -0.406 e. The summed E-state index contributed by atoms with van der Waals surface area (Å²) < 4.78 is 40.2. The van der Waals surface area contributed by atoms with Crippen molar-refractivity contribution in [2.45, 2.75) is 6.36 Å². The van der Waals surface area contributed by atoms with Crippen molar-refractivity contribution in [3.63, 3.8) is 0 Å². The number of alkyl halides is 3. The molecule has 0 aliphatic heterocycles. The Morgan fingerprint density at radius 3 is 2.50 bits per heavy atom. The van der Waals surface area contributed by atoms with Crippen molar-refractivity contribution in [3.05, 3.63) is 47.5 Å². The molecule has 2 rings (SSSR count). The molecule has 0 heterocycles. The average Bonchev–Trinajstić information content (AvgIpc) is 2.33. The number of ether oxygens (including phenoxy) is 1. The van der Waals surface area contributed by atoms with E-state index in [-0.39, 0.29) is 5.75 Å². The zero-order valence-electron chi connectivity index (χ0n) is 10.0. The highest BCUT2D eigenvalue weighted by atomic mass is 35.5. The number of nitrogens with one attached hydrogen (secondary N) is 1. The molecule has 106 valence electrons. The van der Waals surface area contributed by atoms with Crippen molar-refractivity contribution in [2.75, 3.05) is 11.1 Å². The molecule has 0 atom stereocenters. The Balaban J connectivity index is 2.22. The maximum Gasteiger partial charge on any atom is 0.573 e. The Morgan fingerprint density at radius 2 is 1.80 bits per heavy atom. The number of hydrogen-bond donors (Lipinski definition) is 2. The summed E-state index contributed by atoms with van der Waals surface area (Å²) in [6.07, 6.45) is -4.73. The molecule has 0 bridgehead atoms. The second-order valence-electron chi connectivity index (χ2n) is 3.90. The number of rotatable bonds is 3. The van der Waals surface area contributed by atoms with Gasteiger partial charge in [0.05, 0.1) is 16.4 Å². The molecule has 3 nitrogen and oxygen atoms in total. The predicted molar refractivity (Wildman–Crippen MR) is 72.3 cm³/mol. The Labute approximate surface area is 118 Å². The van der Waals surface area contributed by atoms with Gasteiger partial charge in [0.1, 0.15) is 5.75 Å². The number of hydrogen-bond acceptors (Lipinski definition) is 3. The molecule has 7 heteroatoms. The van der Waals surface area contributed by atoms with E-state index in [4.69, 9.17) is 17.3 Å². The van der Waals surface area contributed by atoms with Crippen molar-refractivity contribution in [1.82, 2.24) is 0 Å². The van der Waals surface area contributed by atoms with E-state index in [9.17, 15) is 13.2 Å². The molecule has 2 aromatic rings. The van der Waals surface area contributed by atoms with Gasteiger partial charge in [0, 0.05) is 11.8 Å². The van der Waals surface area contributed by atoms with E-state index in [2.05, 4.69) is 10.1 Å². The lowest BCUT2D eigenvalue weighted by molar-refractivity contribution is -0.274. The fourth-order valence-electron chi connectivity index (χ4n) is 1.57. The number of nitrogens with two attached hydrogens (primary N) is 1. The lowest BCUT2D eigenvalue weighted by Gasteiger charge is -2.13. The van der Waals surface area contributed by atoms with Gasteiger partial charge in [-0.05, 0) is 24.3 Å². The summed E-state index contributed by atoms with van der Waals surface area (Å²) in [7, 11) is 0. The van der Waals surface area contributed by atoms with Gasteiger partial charge in [0.25, 0.3) is 0 Å². The van der Waals surface area contributed by atoms with Crippen LogP contribution in [0.25, 0.3) is 0 Å². The first-order chi connectivity index (χ1) is 9.35. The van der Waals surface area contributed by atoms with Crippen LogP contribution in [0.5, 0.6) is 5.75 Å². The fraction of sp³-hybridized carbons (Fsp3) is 0.0769. The minimum absolute atomic E-state index is 0.316. The smallest absolute Gasteiger partial charge is 0.406 e. The third-order valence-corrected chi connectivity index (χ3v) is 2.73. The van der Waals surface area contributed by atoms with Gasteiger partial charge in [0.15, 0.2) is 0 Å². The van der Waals surface area contributed by atoms with Gasteiger partial charge in [-0.3, -0.25) is 0 Å². The molecule has 2 aromatic carbocycles. The number of anilines is 3. The van der Waals surface area contributed by atoms with Gasteiger partial charge in [-0.15, -0.1) is 13.2 Å². The van der Waals surface area contributed by atoms with E-state index in [1.54, 1.807) is 24.3 Å². The van der Waals surface area contributed by atoms with Crippen LogP contribution in [0.15, 0.2) is 42.5 Å². The zero-order valence-corrected chi connectivity index (χ0v) is 10.8. The molecule has 0 aliphatic carbocycles. The molecule has 0 aromatic heterocycles. The molecule has 0 unspecified atom stereocenters. The molecule has 0 saturated carbocycles. The van der Waals surface area contributed by atoms with Gasteiger partial charge in [-0.25, -0.2) is 0 Å². The van der Waals surface area contributed by atoms with E-state index in [0.717, 1.165) is 0 Å². The van der Waals surface area contributed by atoms with Crippen LogP contribution in [0, 0.1) is 0 Å². The molecule has 20 heavy (non-hydrogen) atoms. The highest BCUT2D eigenvalue weighted by molar-refractivity contribution is 6.33. The minimum atomic E-state index is -4.73. The van der Waals surface area contributed by atoms with Crippen LogP contribution in [0.3, 0.4) is 0 Å². The third-order valence-electron chi connectivity index (χ3n) is 2.40. The molecular weight excluding hydrogens is 293 g/mol. The Morgan fingerprint density at radius 1 is 1.10 bits per heavy atom. The topological polar surface area (TPSA) is 47.3 Å². The maximum absolute atomic E-state index is 12.1. The van der Waals surface area contributed by atoms with Crippen LogP contribution >= 0.6 is 11.6 Å². The fourth-order valence-corrected chi connectivity index (χ4v) is 1.75. The standard InChI is InChI=1S/C13H10ClF3N2O/c14-10-5-2-6-11(12(10)18)19-8-3-1-4-9(7-8)20-13(15,16)17/h1-7,19H,18H2. The molecule has 0 saturated heterocycles. The van der Waals surface area contributed by atoms with E-state index >= 15 is 0 Å². The van der Waals surface area contributed by atoms with Gasteiger partial charge in [-0.1, -0.05) is 23.7 Å². The van der Waals surface area contributed by atoms with Gasteiger partial charge >= 0.3 is 6.36 Å². The molecule has 0 spiro atoms. The highest BCUT2D eigenvalue weighted by Gasteiger charge is 2.31. The van der Waals surface area contributed by atoms with Crippen LogP contribution in [0.4, 0.5) is 30.2 Å². The lowest BCUT2D eigenvalue weighted by Crippen LogP contribution is -2.17. The van der Waals surface area contributed by atoms with Crippen molar-refractivity contribution in [1.29, 1.82) is 0 Å². The van der Waals surface area contributed by atoms with Crippen LogP contribution in [-0.2, 0) is 0 Å². The van der Waals surface area contributed by atoms with Crippen LogP contribution in [-0.4, -0.2) is 6.36 Å². The molecule has 0 aliphatic rings. The first kappa shape index (κ1) is 14.3. The highest BCUT2D eigenvalue weighted by Crippen LogP contribution is 2.31. The summed E-state index contributed by atoms with van der Waals surface area (Å²) >= 11 is 5.86. The van der Waals surface area contributed by atoms with Crippen molar-refractivity contribution >= 4 is 28.7 Å². The first-order valence-corrected chi connectivity index (χ1v) is 5.90. The maximum atomic E-state index is 12.1. The summed E-state index contributed by atoms with van der Waals surface area (Å²) in [6, 6.07) is 10.4. The van der Waals surface area contributed by atoms with Crippen molar-refractivity contribution in [2.24, 2.45) is 0 Å². The number of benzene rings is 2. The summed E-state index contributed by atoms with van der Waals surface area (Å²) in [5, 5.41) is 3.24. The van der Waals surface area contributed by atoms with Crippen LogP contribution in [0.1, 0.15) is 0 Å². The summed E-state index contributed by atoms with van der Waals surface area (Å²) in [5.74, 6) is -0.317. The second-order valence-corrected chi connectivity index (χ2v) is 4.31. The van der Waals surface area contributed by atoms with E-state index < -0.39 is 6.36 Å². The Bertz CT molecular complexity index is 617. The van der Waals surface area contributed by atoms with E-state index in [0.29, 0.717) is 22.1 Å². The zero-order chi connectivity index (χ0) is 14.8. The summed E-state index contributed by atoms with van der Waals surface area (Å²) in [5.41, 5.74) is 6.99. The number of halogens is 4. The van der Waals surface area contributed by atoms with Crippen LogP contribution < -0.4 is 15.8 Å². The summed E-state index contributed by atoms with van der Waals surface area (Å²) in [6.45, 7) is 0. The lowest BCUT2D eigenvalue weighted by atomic mass is 10.2. The largest absolute Gasteiger partial charge is 0.573 e. The third kappa shape index (κ3) is 3.71. The monoisotopic (exact) mass is 302 g/mol. The SMILES string of the molecule is Nc1c(Cl)cccc1Nc1cccc(OC(F)(F)F)c1. The van der Waals surface area contributed by atoms with Crippen LogP contribution in [0.2, 0.25) is 5.02 Å². The molecule has 0 amide bonds. The van der Waals surface area contributed by atoms with E-state index in [1.165, 1.54) is 18.2 Å². The Kier molecular flexibility index (Phi) is 3.94. The van der Waals surface area contributed by atoms with Gasteiger partial charge < -0.3 is 15.8 Å². The van der Waals surface area contributed by atoms with Crippen molar-refractivity contribution < 1.29 is 17.9 Å². The average molecular weight is 303 g/mol. The van der Waals surface area contributed by atoms with E-state index in [1.807, 2.05) is 0 Å². The summed E-state index contributed by atoms with van der Waals surface area (Å²) in [4.78, 5) is 0. The molecule has 0 radical (unpaired) electrons. The number of nitrogen functional groups attached to an aromatic ring is 1. The Hall–Kier alpha value is -2.08. The van der Waals surface area contributed by atoms with Crippen molar-refractivity contribution in [3.8, 4) is 5.75 Å².